The molecule has 0 bridgehead atoms. The second kappa shape index (κ2) is 10.4. The lowest BCUT2D eigenvalue weighted by Crippen LogP contribution is -2.62. The SMILES string of the molecule is CO[C@@H]1O[C@H](CSc2ccccc2)[C@@H](OC(C)=O)[C@H](OC(C)=O)[C@H]1OC(C)=O. The highest BCUT2D eigenvalue weighted by Crippen LogP contribution is 2.32. The summed E-state index contributed by atoms with van der Waals surface area (Å²) in [7, 11) is 1.39. The number of rotatable bonds is 7. The number of ether oxygens (including phenoxy) is 5. The maximum absolute atomic E-state index is 11.7. The first-order valence-electron chi connectivity index (χ1n) is 8.69. The van der Waals surface area contributed by atoms with E-state index in [1.54, 1.807) is 0 Å². The Bertz CT molecular complexity index is 680. The van der Waals surface area contributed by atoms with E-state index in [0.29, 0.717) is 5.75 Å². The van der Waals surface area contributed by atoms with Crippen LogP contribution in [0.4, 0.5) is 0 Å². The van der Waals surface area contributed by atoms with Crippen molar-refractivity contribution in [3.63, 3.8) is 0 Å². The minimum absolute atomic E-state index is 0.395. The Labute approximate surface area is 167 Å². The Morgan fingerprint density at radius 1 is 0.893 bits per heavy atom. The number of carbonyl (C=O) groups excluding carboxylic acids is 3. The summed E-state index contributed by atoms with van der Waals surface area (Å²) in [5.74, 6) is -1.39. The highest BCUT2D eigenvalue weighted by atomic mass is 32.2. The van der Waals surface area contributed by atoms with E-state index < -0.39 is 48.6 Å². The lowest BCUT2D eigenvalue weighted by Gasteiger charge is -2.43. The molecule has 28 heavy (non-hydrogen) atoms. The van der Waals surface area contributed by atoms with Gasteiger partial charge in [-0.2, -0.15) is 0 Å². The first kappa shape index (κ1) is 22.2. The number of hydrogen-bond acceptors (Lipinski definition) is 9. The quantitative estimate of drug-likeness (QED) is 0.378. The molecule has 9 heteroatoms. The Morgan fingerprint density at radius 3 is 1.96 bits per heavy atom. The van der Waals surface area contributed by atoms with Gasteiger partial charge in [-0.3, -0.25) is 14.4 Å². The van der Waals surface area contributed by atoms with E-state index in [1.165, 1.54) is 39.6 Å². The zero-order valence-corrected chi connectivity index (χ0v) is 17.0. The lowest BCUT2D eigenvalue weighted by molar-refractivity contribution is -0.293. The summed E-state index contributed by atoms with van der Waals surface area (Å²) in [6.45, 7) is 3.69. The molecule has 1 heterocycles. The zero-order valence-electron chi connectivity index (χ0n) is 16.2. The van der Waals surface area contributed by atoms with Crippen molar-refractivity contribution < 1.29 is 38.1 Å². The molecule has 5 atom stereocenters. The molecule has 0 saturated carbocycles. The minimum atomic E-state index is -1.08. The molecule has 1 aromatic carbocycles. The van der Waals surface area contributed by atoms with Crippen molar-refractivity contribution in [2.45, 2.75) is 56.4 Å². The van der Waals surface area contributed by atoms with Crippen LogP contribution in [0.3, 0.4) is 0 Å². The average Bonchev–Trinajstić information content (AvgIpc) is 2.63. The van der Waals surface area contributed by atoms with E-state index in [0.717, 1.165) is 4.90 Å². The van der Waals surface area contributed by atoms with Crippen LogP contribution in [0.15, 0.2) is 35.2 Å². The molecule has 2 rings (SSSR count). The molecule has 0 radical (unpaired) electrons. The third-order valence-electron chi connectivity index (χ3n) is 3.89. The van der Waals surface area contributed by atoms with Gasteiger partial charge in [0.15, 0.2) is 24.6 Å². The minimum Gasteiger partial charge on any atom is -0.456 e. The van der Waals surface area contributed by atoms with Crippen molar-refractivity contribution in [3.05, 3.63) is 30.3 Å². The molecule has 0 aromatic heterocycles. The summed E-state index contributed by atoms with van der Waals surface area (Å²) >= 11 is 1.49. The normalized spacial score (nSPS) is 26.9. The number of esters is 3. The van der Waals surface area contributed by atoms with Crippen LogP contribution in [0.2, 0.25) is 0 Å². The zero-order chi connectivity index (χ0) is 20.7. The van der Waals surface area contributed by atoms with Crippen molar-refractivity contribution in [1.29, 1.82) is 0 Å². The van der Waals surface area contributed by atoms with Crippen molar-refractivity contribution >= 4 is 29.7 Å². The lowest BCUT2D eigenvalue weighted by atomic mass is 9.98. The fourth-order valence-corrected chi connectivity index (χ4v) is 3.85. The summed E-state index contributed by atoms with van der Waals surface area (Å²) in [5, 5.41) is 0. The van der Waals surface area contributed by atoms with Gasteiger partial charge in [0.2, 0.25) is 0 Å². The van der Waals surface area contributed by atoms with E-state index in [4.69, 9.17) is 23.7 Å². The van der Waals surface area contributed by atoms with E-state index in [9.17, 15) is 14.4 Å². The van der Waals surface area contributed by atoms with E-state index >= 15 is 0 Å². The van der Waals surface area contributed by atoms with Gasteiger partial charge in [-0.1, -0.05) is 18.2 Å². The molecule has 1 aromatic rings. The average molecular weight is 412 g/mol. The number of benzene rings is 1. The van der Waals surface area contributed by atoms with E-state index in [1.807, 2.05) is 30.3 Å². The van der Waals surface area contributed by atoms with Crippen LogP contribution in [0.1, 0.15) is 20.8 Å². The summed E-state index contributed by atoms with van der Waals surface area (Å²) in [4.78, 5) is 35.9. The molecule has 1 aliphatic rings. The summed E-state index contributed by atoms with van der Waals surface area (Å²) in [6.07, 6.45) is -4.75. The summed E-state index contributed by atoms with van der Waals surface area (Å²) in [6, 6.07) is 9.60. The van der Waals surface area contributed by atoms with Gasteiger partial charge in [0.25, 0.3) is 0 Å². The van der Waals surface area contributed by atoms with Crippen LogP contribution < -0.4 is 0 Å². The van der Waals surface area contributed by atoms with Crippen LogP contribution >= 0.6 is 11.8 Å². The molecule has 1 fully saturated rings. The molecule has 0 spiro atoms. The van der Waals surface area contributed by atoms with E-state index in [2.05, 4.69) is 0 Å². The van der Waals surface area contributed by atoms with E-state index in [-0.39, 0.29) is 0 Å². The van der Waals surface area contributed by atoms with Crippen LogP contribution in [0.25, 0.3) is 0 Å². The van der Waals surface area contributed by atoms with Crippen molar-refractivity contribution in [1.82, 2.24) is 0 Å². The highest BCUT2D eigenvalue weighted by Gasteiger charge is 2.51. The van der Waals surface area contributed by atoms with Crippen molar-refractivity contribution in [3.8, 4) is 0 Å². The molecule has 1 aliphatic heterocycles. The first-order chi connectivity index (χ1) is 13.3. The monoisotopic (exact) mass is 412 g/mol. The Kier molecular flexibility index (Phi) is 8.28. The molecular formula is C19H24O8S. The Hall–Kier alpha value is -2.10. The first-order valence-corrected chi connectivity index (χ1v) is 9.68. The molecule has 0 amide bonds. The smallest absolute Gasteiger partial charge is 0.303 e. The third kappa shape index (κ3) is 6.22. The third-order valence-corrected chi connectivity index (χ3v) is 4.99. The Morgan fingerprint density at radius 2 is 1.43 bits per heavy atom. The molecule has 1 saturated heterocycles. The highest BCUT2D eigenvalue weighted by molar-refractivity contribution is 7.99. The maximum atomic E-state index is 11.7. The molecule has 0 aliphatic carbocycles. The topological polar surface area (TPSA) is 97.4 Å². The van der Waals surface area contributed by atoms with Gasteiger partial charge >= 0.3 is 17.9 Å². The second-order valence-corrected chi connectivity index (χ2v) is 7.22. The van der Waals surface area contributed by atoms with Crippen LogP contribution in [-0.4, -0.2) is 61.5 Å². The van der Waals surface area contributed by atoms with Crippen LogP contribution in [-0.2, 0) is 38.1 Å². The molecule has 0 unspecified atom stereocenters. The van der Waals surface area contributed by atoms with Gasteiger partial charge in [-0.05, 0) is 12.1 Å². The fourth-order valence-electron chi connectivity index (χ4n) is 2.87. The van der Waals surface area contributed by atoms with Gasteiger partial charge in [0.05, 0.1) is 0 Å². The Balaban J connectivity index is 2.29. The van der Waals surface area contributed by atoms with Crippen LogP contribution in [0.5, 0.6) is 0 Å². The van der Waals surface area contributed by atoms with Crippen molar-refractivity contribution in [2.75, 3.05) is 12.9 Å². The van der Waals surface area contributed by atoms with Gasteiger partial charge in [0.1, 0.15) is 6.10 Å². The van der Waals surface area contributed by atoms with Crippen molar-refractivity contribution in [2.24, 2.45) is 0 Å². The van der Waals surface area contributed by atoms with Gasteiger partial charge < -0.3 is 23.7 Å². The fraction of sp³-hybridized carbons (Fsp3) is 0.526. The van der Waals surface area contributed by atoms with Crippen LogP contribution in [0, 0.1) is 0 Å². The van der Waals surface area contributed by atoms with Gasteiger partial charge in [-0.15, -0.1) is 11.8 Å². The predicted molar refractivity (Wildman–Crippen MR) is 99.5 cm³/mol. The number of thioether (sulfide) groups is 1. The largest absolute Gasteiger partial charge is 0.456 e. The molecular weight excluding hydrogens is 388 g/mol. The second-order valence-electron chi connectivity index (χ2n) is 6.12. The maximum Gasteiger partial charge on any atom is 0.303 e. The molecule has 0 N–H and O–H groups in total. The standard InChI is InChI=1S/C19H24O8S/c1-11(20)24-16-15(10-28-14-8-6-5-7-9-14)27-19(23-4)18(26-13(3)22)17(16)25-12(2)21/h5-9,15-19H,10H2,1-4H3/t15-,16-,17+,18-,19-/m1/s1. The van der Waals surface area contributed by atoms with Gasteiger partial charge in [0, 0.05) is 38.5 Å². The number of carbonyl (C=O) groups is 3. The van der Waals surface area contributed by atoms with Gasteiger partial charge in [-0.25, -0.2) is 0 Å². The molecule has 8 nitrogen and oxygen atoms in total. The summed E-state index contributed by atoms with van der Waals surface area (Å²) < 4.78 is 27.3. The number of methoxy groups -OCH3 is 1. The predicted octanol–water partition coefficient (Wildman–Crippen LogP) is 1.95. The molecule has 154 valence electrons. The number of hydrogen-bond donors (Lipinski definition) is 0. The summed E-state index contributed by atoms with van der Waals surface area (Å²) in [5.41, 5.74) is 0.